The van der Waals surface area contributed by atoms with Crippen molar-refractivity contribution in [3.8, 4) is 17.2 Å². The molecular formula is C17H16N4. The second-order valence-corrected chi connectivity index (χ2v) is 4.44. The predicted molar refractivity (Wildman–Crippen MR) is 85.2 cm³/mol. The first-order valence-corrected chi connectivity index (χ1v) is 6.39. The molecule has 0 aliphatic heterocycles. The minimum atomic E-state index is 0.541. The van der Waals surface area contributed by atoms with Gasteiger partial charge in [-0.2, -0.15) is 5.26 Å². The Kier molecular flexibility index (Phi) is 4.39. The minimum Gasteiger partial charge on any atom is -0.397 e. The summed E-state index contributed by atoms with van der Waals surface area (Å²) in [4.78, 5) is 0. The van der Waals surface area contributed by atoms with Gasteiger partial charge in [-0.3, -0.25) is 5.84 Å². The lowest BCUT2D eigenvalue weighted by Crippen LogP contribution is -2.23. The Labute approximate surface area is 124 Å². The number of hydrazine groups is 1. The van der Waals surface area contributed by atoms with Gasteiger partial charge in [-0.25, -0.2) is 0 Å². The molecule has 0 aliphatic carbocycles. The van der Waals surface area contributed by atoms with Crippen LogP contribution in [0.15, 0.2) is 66.9 Å². The fourth-order valence-electron chi connectivity index (χ4n) is 1.98. The van der Waals surface area contributed by atoms with Crippen LogP contribution in [0.5, 0.6) is 0 Å². The molecule has 0 amide bonds. The Morgan fingerprint density at radius 2 is 1.57 bits per heavy atom. The molecule has 2 aromatic rings. The van der Waals surface area contributed by atoms with E-state index in [9.17, 15) is 0 Å². The van der Waals surface area contributed by atoms with Crippen LogP contribution in [-0.4, -0.2) is 0 Å². The van der Waals surface area contributed by atoms with Gasteiger partial charge in [0.15, 0.2) is 0 Å². The number of hydrogen-bond donors (Lipinski definition) is 3. The lowest BCUT2D eigenvalue weighted by Gasteiger charge is -2.09. The number of hydrogen-bond acceptors (Lipinski definition) is 4. The third kappa shape index (κ3) is 3.11. The number of nitriles is 1. The lowest BCUT2D eigenvalue weighted by molar-refractivity contribution is 0.917. The fourth-order valence-corrected chi connectivity index (χ4v) is 1.98. The van der Waals surface area contributed by atoms with Gasteiger partial charge in [-0.1, -0.05) is 43.0 Å². The molecule has 2 aromatic carbocycles. The Hall–Kier alpha value is -3.03. The lowest BCUT2D eigenvalue weighted by atomic mass is 10.0. The van der Waals surface area contributed by atoms with Crippen molar-refractivity contribution in [3.05, 3.63) is 78.0 Å². The van der Waals surface area contributed by atoms with Crippen LogP contribution in [0.2, 0.25) is 0 Å². The molecule has 21 heavy (non-hydrogen) atoms. The molecule has 4 nitrogen and oxygen atoms in total. The smallest absolute Gasteiger partial charge is 0.0991 e. The van der Waals surface area contributed by atoms with Crippen molar-refractivity contribution in [3.63, 3.8) is 0 Å². The van der Waals surface area contributed by atoms with Crippen LogP contribution >= 0.6 is 0 Å². The molecule has 0 saturated carbocycles. The van der Waals surface area contributed by atoms with Crippen molar-refractivity contribution in [2.24, 2.45) is 11.6 Å². The van der Waals surface area contributed by atoms with E-state index in [0.717, 1.165) is 16.7 Å². The molecule has 0 spiro atoms. The van der Waals surface area contributed by atoms with E-state index in [1.54, 1.807) is 18.2 Å². The van der Waals surface area contributed by atoms with Crippen molar-refractivity contribution in [1.82, 2.24) is 5.43 Å². The average molecular weight is 276 g/mol. The highest BCUT2D eigenvalue weighted by Crippen LogP contribution is 2.22. The van der Waals surface area contributed by atoms with Crippen LogP contribution in [0, 0.1) is 11.3 Å². The second kappa shape index (κ2) is 6.42. The summed E-state index contributed by atoms with van der Waals surface area (Å²) in [5.74, 6) is 5.38. The monoisotopic (exact) mass is 276 g/mol. The molecule has 0 heterocycles. The largest absolute Gasteiger partial charge is 0.397 e. The first kappa shape index (κ1) is 14.4. The molecule has 0 aromatic heterocycles. The molecule has 104 valence electrons. The van der Waals surface area contributed by atoms with Crippen molar-refractivity contribution in [2.45, 2.75) is 0 Å². The number of allylic oxidation sites excluding steroid dienone is 1. The number of nitrogens with zero attached hydrogens (tertiary/aromatic N) is 1. The first-order valence-electron chi connectivity index (χ1n) is 6.39. The summed E-state index contributed by atoms with van der Waals surface area (Å²) < 4.78 is 0. The Bertz CT molecular complexity index is 704. The topological polar surface area (TPSA) is 87.9 Å². The maximum Gasteiger partial charge on any atom is 0.0991 e. The Morgan fingerprint density at radius 1 is 1.05 bits per heavy atom. The summed E-state index contributed by atoms with van der Waals surface area (Å²) in [7, 11) is 0. The number of rotatable bonds is 4. The van der Waals surface area contributed by atoms with Crippen LogP contribution in [0.1, 0.15) is 11.1 Å². The summed E-state index contributed by atoms with van der Waals surface area (Å²) in [5, 5.41) is 8.80. The van der Waals surface area contributed by atoms with Crippen LogP contribution in [0.3, 0.4) is 0 Å². The third-order valence-electron chi connectivity index (χ3n) is 3.19. The minimum absolute atomic E-state index is 0.541. The maximum atomic E-state index is 8.80. The van der Waals surface area contributed by atoms with Crippen LogP contribution in [0.25, 0.3) is 16.8 Å². The van der Waals surface area contributed by atoms with Crippen molar-refractivity contribution in [2.75, 3.05) is 0 Å². The zero-order valence-corrected chi connectivity index (χ0v) is 11.5. The van der Waals surface area contributed by atoms with E-state index in [4.69, 9.17) is 16.8 Å². The van der Waals surface area contributed by atoms with E-state index in [0.29, 0.717) is 17.0 Å². The number of nitrogens with two attached hydrogens (primary N) is 2. The quantitative estimate of drug-likeness (QED) is 0.455. The second-order valence-electron chi connectivity index (χ2n) is 4.44. The highest BCUT2D eigenvalue weighted by atomic mass is 15.2. The summed E-state index contributed by atoms with van der Waals surface area (Å²) >= 11 is 0. The van der Waals surface area contributed by atoms with Gasteiger partial charge in [0.25, 0.3) is 0 Å². The Balaban J connectivity index is 2.32. The fraction of sp³-hybridized carbons (Fsp3) is 0. The molecule has 0 fully saturated rings. The first-order chi connectivity index (χ1) is 10.2. The molecule has 0 bridgehead atoms. The standard InChI is InChI=1S/C17H16N4/c1-2-16(21-20)17(19)15-9-7-14(8-10-15)13-5-3-12(11-18)4-6-13/h2-10,21H,1,19-20H2/b17-16-. The van der Waals surface area contributed by atoms with Gasteiger partial charge >= 0.3 is 0 Å². The zero-order valence-electron chi connectivity index (χ0n) is 11.5. The molecule has 0 atom stereocenters. The van der Waals surface area contributed by atoms with Crippen molar-refractivity contribution < 1.29 is 0 Å². The van der Waals surface area contributed by atoms with Crippen LogP contribution in [0.4, 0.5) is 0 Å². The van der Waals surface area contributed by atoms with Gasteiger partial charge < -0.3 is 11.2 Å². The molecule has 0 aliphatic rings. The molecular weight excluding hydrogens is 260 g/mol. The SMILES string of the molecule is C=C/C(NN)=C(/N)c1ccc(-c2ccc(C#N)cc2)cc1. The molecule has 5 N–H and O–H groups in total. The average Bonchev–Trinajstić information content (AvgIpc) is 2.56. The van der Waals surface area contributed by atoms with Crippen molar-refractivity contribution >= 4 is 5.70 Å². The Morgan fingerprint density at radius 3 is 2.00 bits per heavy atom. The predicted octanol–water partition coefficient (Wildman–Crippen LogP) is 2.50. The van der Waals surface area contributed by atoms with Gasteiger partial charge in [0.05, 0.1) is 23.0 Å². The summed E-state index contributed by atoms with van der Waals surface area (Å²) in [6.45, 7) is 3.65. The van der Waals surface area contributed by atoms with Gasteiger partial charge in [-0.15, -0.1) is 0 Å². The third-order valence-corrected chi connectivity index (χ3v) is 3.19. The van der Waals surface area contributed by atoms with E-state index in [1.807, 2.05) is 36.4 Å². The molecule has 0 saturated heterocycles. The highest BCUT2D eigenvalue weighted by Gasteiger charge is 2.03. The molecule has 4 heteroatoms. The van der Waals surface area contributed by atoms with E-state index < -0.39 is 0 Å². The van der Waals surface area contributed by atoms with Gasteiger partial charge in [0.1, 0.15) is 0 Å². The summed E-state index contributed by atoms with van der Waals surface area (Å²) in [6.07, 6.45) is 1.57. The number of nitrogens with one attached hydrogen (secondary N) is 1. The summed E-state index contributed by atoms with van der Waals surface area (Å²) in [6, 6.07) is 17.3. The van der Waals surface area contributed by atoms with Gasteiger partial charge in [0, 0.05) is 0 Å². The zero-order chi connectivity index (χ0) is 15.2. The number of benzene rings is 2. The van der Waals surface area contributed by atoms with Crippen LogP contribution in [-0.2, 0) is 0 Å². The van der Waals surface area contributed by atoms with Gasteiger partial charge in [0.2, 0.25) is 0 Å². The van der Waals surface area contributed by atoms with Crippen LogP contribution < -0.4 is 17.0 Å². The van der Waals surface area contributed by atoms with E-state index in [2.05, 4.69) is 18.1 Å². The highest BCUT2D eigenvalue weighted by molar-refractivity contribution is 5.71. The van der Waals surface area contributed by atoms with E-state index in [-0.39, 0.29) is 0 Å². The van der Waals surface area contributed by atoms with E-state index >= 15 is 0 Å². The normalized spacial score (nSPS) is 11.2. The van der Waals surface area contributed by atoms with Gasteiger partial charge in [-0.05, 0) is 34.9 Å². The van der Waals surface area contributed by atoms with Crippen molar-refractivity contribution in [1.29, 1.82) is 5.26 Å². The molecule has 0 unspecified atom stereocenters. The molecule has 2 rings (SSSR count). The molecule has 0 radical (unpaired) electrons. The summed E-state index contributed by atoms with van der Waals surface area (Å²) in [5.41, 5.74) is 13.3. The van der Waals surface area contributed by atoms with E-state index in [1.165, 1.54) is 0 Å². The maximum absolute atomic E-state index is 8.80.